The van der Waals surface area contributed by atoms with E-state index in [1.54, 1.807) is 0 Å². The largest absolute Gasteiger partial charge is 0.488 e. The van der Waals surface area contributed by atoms with E-state index in [0.717, 1.165) is 17.7 Å². The molecule has 3 rings (SSSR count). The summed E-state index contributed by atoms with van der Waals surface area (Å²) in [6.45, 7) is 0.602. The molecule has 0 fully saturated rings. The van der Waals surface area contributed by atoms with Gasteiger partial charge in [-0.1, -0.05) is 97.4 Å². The van der Waals surface area contributed by atoms with Gasteiger partial charge in [0.2, 0.25) is 0 Å². The molecule has 27 heavy (non-hydrogen) atoms. The van der Waals surface area contributed by atoms with Crippen molar-refractivity contribution in [2.75, 3.05) is 0 Å². The SMILES string of the molecule is C(=C\c1ccccc1OCc1ccccc1)/CCCCCc1ccccc1. The quantitative estimate of drug-likeness (QED) is 0.353. The van der Waals surface area contributed by atoms with Crippen LogP contribution in [0, 0.1) is 0 Å². The first-order chi connectivity index (χ1) is 13.4. The Hall–Kier alpha value is -2.80. The van der Waals surface area contributed by atoms with Crippen LogP contribution in [0.25, 0.3) is 6.08 Å². The highest BCUT2D eigenvalue weighted by Crippen LogP contribution is 2.21. The first kappa shape index (κ1) is 19.0. The van der Waals surface area contributed by atoms with Crippen LogP contribution in [0.3, 0.4) is 0 Å². The van der Waals surface area contributed by atoms with Gasteiger partial charge in [0.05, 0.1) is 0 Å². The number of ether oxygens (including phenoxy) is 1. The second kappa shape index (κ2) is 11.0. The minimum atomic E-state index is 0.602. The zero-order valence-corrected chi connectivity index (χ0v) is 15.9. The lowest BCUT2D eigenvalue weighted by Crippen LogP contribution is -1.96. The molecule has 3 aromatic carbocycles. The summed E-state index contributed by atoms with van der Waals surface area (Å²) in [5.41, 5.74) is 3.78. The predicted molar refractivity (Wildman–Crippen MR) is 115 cm³/mol. The topological polar surface area (TPSA) is 9.23 Å². The van der Waals surface area contributed by atoms with E-state index in [9.17, 15) is 0 Å². The summed E-state index contributed by atoms with van der Waals surface area (Å²) in [4.78, 5) is 0. The minimum Gasteiger partial charge on any atom is -0.488 e. The number of para-hydroxylation sites is 1. The molecule has 0 radical (unpaired) electrons. The molecule has 3 aromatic rings. The molecule has 0 bridgehead atoms. The fourth-order valence-corrected chi connectivity index (χ4v) is 3.11. The number of allylic oxidation sites excluding steroid dienone is 1. The molecule has 1 nitrogen and oxygen atoms in total. The second-order valence-corrected chi connectivity index (χ2v) is 6.80. The summed E-state index contributed by atoms with van der Waals surface area (Å²) in [5.74, 6) is 0.946. The molecule has 0 atom stereocenters. The fraction of sp³-hybridized carbons (Fsp3) is 0.231. The maximum atomic E-state index is 6.02. The second-order valence-electron chi connectivity index (χ2n) is 6.80. The van der Waals surface area contributed by atoms with Gasteiger partial charge in [-0.15, -0.1) is 0 Å². The number of aryl methyl sites for hydroxylation is 1. The Labute approximate surface area is 163 Å². The minimum absolute atomic E-state index is 0.602. The Bertz CT molecular complexity index is 806. The summed E-state index contributed by atoms with van der Waals surface area (Å²) in [6, 6.07) is 29.3. The third kappa shape index (κ3) is 6.79. The number of benzene rings is 3. The Morgan fingerprint density at radius 3 is 2.07 bits per heavy atom. The van der Waals surface area contributed by atoms with Crippen LogP contribution in [-0.4, -0.2) is 0 Å². The fourth-order valence-electron chi connectivity index (χ4n) is 3.11. The lowest BCUT2D eigenvalue weighted by molar-refractivity contribution is 0.305. The summed E-state index contributed by atoms with van der Waals surface area (Å²) >= 11 is 0. The van der Waals surface area contributed by atoms with Gasteiger partial charge in [0.1, 0.15) is 12.4 Å². The van der Waals surface area contributed by atoms with Crippen molar-refractivity contribution in [2.24, 2.45) is 0 Å². The van der Waals surface area contributed by atoms with Gasteiger partial charge in [0.15, 0.2) is 0 Å². The number of unbranched alkanes of at least 4 members (excludes halogenated alkanes) is 3. The van der Waals surface area contributed by atoms with Crippen molar-refractivity contribution in [3.63, 3.8) is 0 Å². The first-order valence-corrected chi connectivity index (χ1v) is 9.88. The van der Waals surface area contributed by atoms with Crippen molar-refractivity contribution < 1.29 is 4.74 Å². The molecule has 0 spiro atoms. The highest BCUT2D eigenvalue weighted by Gasteiger charge is 2.00. The maximum Gasteiger partial charge on any atom is 0.127 e. The van der Waals surface area contributed by atoms with Crippen LogP contribution < -0.4 is 4.74 Å². The van der Waals surface area contributed by atoms with Crippen molar-refractivity contribution >= 4 is 6.08 Å². The summed E-state index contributed by atoms with van der Waals surface area (Å²) in [5, 5.41) is 0. The molecule has 0 amide bonds. The van der Waals surface area contributed by atoms with Gasteiger partial charge >= 0.3 is 0 Å². The molecule has 0 unspecified atom stereocenters. The summed E-state index contributed by atoms with van der Waals surface area (Å²) < 4.78 is 6.02. The average Bonchev–Trinajstić information content (AvgIpc) is 2.74. The van der Waals surface area contributed by atoms with Crippen LogP contribution in [0.2, 0.25) is 0 Å². The normalized spacial score (nSPS) is 11.0. The Kier molecular flexibility index (Phi) is 7.75. The van der Waals surface area contributed by atoms with Crippen molar-refractivity contribution in [2.45, 2.75) is 38.7 Å². The molecule has 0 heterocycles. The van der Waals surface area contributed by atoms with Crippen molar-refractivity contribution in [1.82, 2.24) is 0 Å². The van der Waals surface area contributed by atoms with E-state index < -0.39 is 0 Å². The Morgan fingerprint density at radius 2 is 1.30 bits per heavy atom. The zero-order valence-electron chi connectivity index (χ0n) is 15.9. The molecule has 138 valence electrons. The Balaban J connectivity index is 1.40. The molecule has 0 saturated heterocycles. The van der Waals surface area contributed by atoms with Gasteiger partial charge in [-0.05, 0) is 42.9 Å². The zero-order chi connectivity index (χ0) is 18.6. The molecular weight excluding hydrogens is 328 g/mol. The number of hydrogen-bond acceptors (Lipinski definition) is 1. The van der Waals surface area contributed by atoms with Crippen LogP contribution in [0.5, 0.6) is 5.75 Å². The average molecular weight is 357 g/mol. The standard InChI is InChI=1S/C26H28O/c1(2-6-14-23-15-7-4-8-16-23)3-11-19-25-20-12-13-21-26(25)27-22-24-17-9-5-10-18-24/h4-5,7-13,15-21H,1-3,6,14,22H2/b19-11+. The third-order valence-corrected chi connectivity index (χ3v) is 4.63. The molecule has 0 aliphatic carbocycles. The van der Waals surface area contributed by atoms with Crippen molar-refractivity contribution in [3.8, 4) is 5.75 Å². The van der Waals surface area contributed by atoms with Gasteiger partial charge in [-0.2, -0.15) is 0 Å². The molecule has 0 aromatic heterocycles. The van der Waals surface area contributed by atoms with Gasteiger partial charge in [0, 0.05) is 5.56 Å². The number of hydrogen-bond donors (Lipinski definition) is 0. The van der Waals surface area contributed by atoms with E-state index in [2.05, 4.69) is 66.7 Å². The third-order valence-electron chi connectivity index (χ3n) is 4.63. The van der Waals surface area contributed by atoms with E-state index in [1.807, 2.05) is 30.3 Å². The van der Waals surface area contributed by atoms with Gasteiger partial charge in [-0.25, -0.2) is 0 Å². The monoisotopic (exact) mass is 356 g/mol. The first-order valence-electron chi connectivity index (χ1n) is 9.88. The van der Waals surface area contributed by atoms with Crippen LogP contribution in [-0.2, 0) is 13.0 Å². The number of rotatable bonds is 10. The van der Waals surface area contributed by atoms with Crippen molar-refractivity contribution in [1.29, 1.82) is 0 Å². The molecule has 0 saturated carbocycles. The predicted octanol–water partition coefficient (Wildman–Crippen LogP) is 7.08. The van der Waals surface area contributed by atoms with Crippen molar-refractivity contribution in [3.05, 3.63) is 108 Å². The van der Waals surface area contributed by atoms with Crippen LogP contribution in [0.15, 0.2) is 91.0 Å². The van der Waals surface area contributed by atoms with E-state index >= 15 is 0 Å². The van der Waals surface area contributed by atoms with Crippen LogP contribution >= 0.6 is 0 Å². The summed E-state index contributed by atoms with van der Waals surface area (Å²) in [7, 11) is 0. The van der Waals surface area contributed by atoms with Gasteiger partial charge < -0.3 is 4.74 Å². The lowest BCUT2D eigenvalue weighted by atomic mass is 10.1. The van der Waals surface area contributed by atoms with E-state index in [4.69, 9.17) is 4.74 Å². The van der Waals surface area contributed by atoms with Gasteiger partial charge in [0.25, 0.3) is 0 Å². The summed E-state index contributed by atoms with van der Waals surface area (Å²) in [6.07, 6.45) is 10.5. The molecule has 0 aliphatic heterocycles. The van der Waals surface area contributed by atoms with Gasteiger partial charge in [-0.3, -0.25) is 0 Å². The highest BCUT2D eigenvalue weighted by atomic mass is 16.5. The molecule has 0 aliphatic rings. The van der Waals surface area contributed by atoms with E-state index in [-0.39, 0.29) is 0 Å². The van der Waals surface area contributed by atoms with Crippen LogP contribution in [0.1, 0.15) is 42.4 Å². The molecular formula is C26H28O. The molecule has 1 heteroatoms. The maximum absolute atomic E-state index is 6.02. The van der Waals surface area contributed by atoms with E-state index in [0.29, 0.717) is 6.61 Å². The van der Waals surface area contributed by atoms with Crippen LogP contribution in [0.4, 0.5) is 0 Å². The van der Waals surface area contributed by atoms with E-state index in [1.165, 1.54) is 36.8 Å². The smallest absolute Gasteiger partial charge is 0.127 e. The molecule has 0 N–H and O–H groups in total. The Morgan fingerprint density at radius 1 is 0.630 bits per heavy atom. The lowest BCUT2D eigenvalue weighted by Gasteiger charge is -2.09. The highest BCUT2D eigenvalue weighted by molar-refractivity contribution is 5.57.